The van der Waals surface area contributed by atoms with E-state index in [1.165, 1.54) is 22.5 Å². The van der Waals surface area contributed by atoms with Crippen molar-refractivity contribution in [3.8, 4) is 0 Å². The lowest BCUT2D eigenvalue weighted by atomic mass is 10.1. The lowest BCUT2D eigenvalue weighted by Crippen LogP contribution is -2.42. The predicted octanol–water partition coefficient (Wildman–Crippen LogP) is 2.59. The number of morpholine rings is 1. The van der Waals surface area contributed by atoms with E-state index in [9.17, 15) is 12.8 Å². The van der Waals surface area contributed by atoms with Gasteiger partial charge in [0.1, 0.15) is 5.82 Å². The molecule has 1 unspecified atom stereocenters. The van der Waals surface area contributed by atoms with Crippen LogP contribution in [0.4, 0.5) is 4.39 Å². The van der Waals surface area contributed by atoms with Gasteiger partial charge in [-0.1, -0.05) is 36.4 Å². The smallest absolute Gasteiger partial charge is 0.243 e. The number of rotatable bonds is 3. The second kappa shape index (κ2) is 6.16. The highest BCUT2D eigenvalue weighted by molar-refractivity contribution is 7.89. The lowest BCUT2D eigenvalue weighted by Gasteiger charge is -2.32. The molecule has 0 radical (unpaired) electrons. The summed E-state index contributed by atoms with van der Waals surface area (Å²) < 4.78 is 45.6. The van der Waals surface area contributed by atoms with Gasteiger partial charge >= 0.3 is 0 Å². The SMILES string of the molecule is O=S(=O)(c1cccc(F)c1)N1CCOC(c2ccccc2)C1. The fourth-order valence-corrected chi connectivity index (χ4v) is 3.95. The minimum absolute atomic E-state index is 0.0267. The van der Waals surface area contributed by atoms with Gasteiger partial charge in [-0.15, -0.1) is 0 Å². The minimum atomic E-state index is -3.71. The van der Waals surface area contributed by atoms with Crippen LogP contribution in [0, 0.1) is 5.82 Å². The maximum atomic E-state index is 13.3. The molecule has 22 heavy (non-hydrogen) atoms. The molecule has 0 aromatic heterocycles. The molecule has 1 fully saturated rings. The summed E-state index contributed by atoms with van der Waals surface area (Å²) in [7, 11) is -3.71. The molecule has 1 heterocycles. The summed E-state index contributed by atoms with van der Waals surface area (Å²) >= 11 is 0. The van der Waals surface area contributed by atoms with Gasteiger partial charge in [-0.2, -0.15) is 4.31 Å². The normalized spacial score (nSPS) is 20.0. The zero-order valence-electron chi connectivity index (χ0n) is 11.9. The van der Waals surface area contributed by atoms with Gasteiger partial charge in [0.2, 0.25) is 10.0 Å². The number of benzene rings is 2. The molecule has 3 rings (SSSR count). The summed E-state index contributed by atoms with van der Waals surface area (Å²) in [6.45, 7) is 0.805. The van der Waals surface area contributed by atoms with E-state index in [1.54, 1.807) is 0 Å². The highest BCUT2D eigenvalue weighted by Gasteiger charge is 2.31. The Balaban J connectivity index is 1.85. The van der Waals surface area contributed by atoms with Gasteiger partial charge in [0.15, 0.2) is 0 Å². The standard InChI is InChI=1S/C16H16FNO3S/c17-14-7-4-8-15(11-14)22(19,20)18-9-10-21-16(12-18)13-5-2-1-3-6-13/h1-8,11,16H,9-10,12H2. The number of sulfonamides is 1. The van der Waals surface area contributed by atoms with Crippen molar-refractivity contribution in [3.05, 3.63) is 66.0 Å². The Kier molecular flexibility index (Phi) is 4.24. The van der Waals surface area contributed by atoms with Crippen molar-refractivity contribution in [2.45, 2.75) is 11.0 Å². The van der Waals surface area contributed by atoms with E-state index < -0.39 is 15.8 Å². The quantitative estimate of drug-likeness (QED) is 0.873. The molecule has 2 aromatic rings. The fourth-order valence-electron chi connectivity index (χ4n) is 2.49. The Hall–Kier alpha value is -1.76. The average molecular weight is 321 g/mol. The Morgan fingerprint density at radius 1 is 1.09 bits per heavy atom. The zero-order chi connectivity index (χ0) is 15.6. The molecule has 0 aliphatic carbocycles. The first-order chi connectivity index (χ1) is 10.6. The molecule has 116 valence electrons. The topological polar surface area (TPSA) is 46.6 Å². The van der Waals surface area contributed by atoms with Crippen molar-refractivity contribution >= 4 is 10.0 Å². The van der Waals surface area contributed by atoms with Crippen LogP contribution in [-0.4, -0.2) is 32.4 Å². The molecule has 1 aliphatic rings. The van der Waals surface area contributed by atoms with Crippen molar-refractivity contribution in [2.24, 2.45) is 0 Å². The van der Waals surface area contributed by atoms with Crippen LogP contribution < -0.4 is 0 Å². The summed E-state index contributed by atoms with van der Waals surface area (Å²) in [5.74, 6) is -0.561. The van der Waals surface area contributed by atoms with Gasteiger partial charge in [-0.05, 0) is 23.8 Å². The molecule has 1 aliphatic heterocycles. The van der Waals surface area contributed by atoms with E-state index in [2.05, 4.69) is 0 Å². The van der Waals surface area contributed by atoms with E-state index in [0.717, 1.165) is 11.6 Å². The Morgan fingerprint density at radius 2 is 1.86 bits per heavy atom. The second-order valence-electron chi connectivity index (χ2n) is 5.09. The Bertz CT molecular complexity index is 749. The largest absolute Gasteiger partial charge is 0.371 e. The highest BCUT2D eigenvalue weighted by Crippen LogP contribution is 2.26. The van der Waals surface area contributed by atoms with E-state index in [1.807, 2.05) is 30.3 Å². The molecular weight excluding hydrogens is 305 g/mol. The van der Waals surface area contributed by atoms with Crippen molar-refractivity contribution in [1.82, 2.24) is 4.31 Å². The molecular formula is C16H16FNO3S. The van der Waals surface area contributed by atoms with E-state index in [4.69, 9.17) is 4.74 Å². The highest BCUT2D eigenvalue weighted by atomic mass is 32.2. The van der Waals surface area contributed by atoms with Crippen LogP contribution in [-0.2, 0) is 14.8 Å². The van der Waals surface area contributed by atoms with Crippen molar-refractivity contribution in [3.63, 3.8) is 0 Å². The molecule has 6 heteroatoms. The molecule has 1 atom stereocenters. The van der Waals surface area contributed by atoms with Gasteiger partial charge < -0.3 is 4.74 Å². The molecule has 4 nitrogen and oxygen atoms in total. The van der Waals surface area contributed by atoms with Gasteiger partial charge in [0, 0.05) is 13.1 Å². The van der Waals surface area contributed by atoms with E-state index in [-0.39, 0.29) is 24.1 Å². The first-order valence-corrected chi connectivity index (χ1v) is 8.43. The molecule has 0 bridgehead atoms. The van der Waals surface area contributed by atoms with Crippen LogP contribution in [0.2, 0.25) is 0 Å². The van der Waals surface area contributed by atoms with Crippen LogP contribution in [0.25, 0.3) is 0 Å². The van der Waals surface area contributed by atoms with E-state index >= 15 is 0 Å². The van der Waals surface area contributed by atoms with Crippen molar-refractivity contribution < 1.29 is 17.5 Å². The molecule has 1 saturated heterocycles. The van der Waals surface area contributed by atoms with Crippen LogP contribution in [0.5, 0.6) is 0 Å². The average Bonchev–Trinajstić information content (AvgIpc) is 2.56. The summed E-state index contributed by atoms with van der Waals surface area (Å²) in [6, 6.07) is 14.6. The van der Waals surface area contributed by atoms with Gasteiger partial charge in [0.25, 0.3) is 0 Å². The molecule has 2 aromatic carbocycles. The molecule has 0 saturated carbocycles. The van der Waals surface area contributed by atoms with Gasteiger partial charge in [-0.25, -0.2) is 12.8 Å². The molecule has 0 spiro atoms. The monoisotopic (exact) mass is 321 g/mol. The zero-order valence-corrected chi connectivity index (χ0v) is 12.7. The van der Waals surface area contributed by atoms with Crippen LogP contribution >= 0.6 is 0 Å². The van der Waals surface area contributed by atoms with E-state index in [0.29, 0.717) is 6.61 Å². The Morgan fingerprint density at radius 3 is 2.59 bits per heavy atom. The second-order valence-corrected chi connectivity index (χ2v) is 7.03. The Labute approximate surface area is 129 Å². The summed E-state index contributed by atoms with van der Waals surface area (Å²) in [4.78, 5) is -0.0267. The first kappa shape index (κ1) is 15.1. The van der Waals surface area contributed by atoms with Crippen molar-refractivity contribution in [1.29, 1.82) is 0 Å². The van der Waals surface area contributed by atoms with Gasteiger partial charge in [-0.3, -0.25) is 0 Å². The maximum Gasteiger partial charge on any atom is 0.243 e. The maximum absolute atomic E-state index is 13.3. The minimum Gasteiger partial charge on any atom is -0.371 e. The first-order valence-electron chi connectivity index (χ1n) is 6.99. The number of hydrogen-bond acceptors (Lipinski definition) is 3. The van der Waals surface area contributed by atoms with Crippen LogP contribution in [0.15, 0.2) is 59.5 Å². The number of ether oxygens (including phenoxy) is 1. The van der Waals surface area contributed by atoms with Crippen molar-refractivity contribution in [2.75, 3.05) is 19.7 Å². The number of nitrogens with zero attached hydrogens (tertiary/aromatic N) is 1. The van der Waals surface area contributed by atoms with Crippen LogP contribution in [0.1, 0.15) is 11.7 Å². The number of halogens is 1. The van der Waals surface area contributed by atoms with Crippen LogP contribution in [0.3, 0.4) is 0 Å². The summed E-state index contributed by atoms with van der Waals surface area (Å²) in [6.07, 6.45) is -0.307. The molecule has 0 N–H and O–H groups in total. The number of hydrogen-bond donors (Lipinski definition) is 0. The summed E-state index contributed by atoms with van der Waals surface area (Å²) in [5, 5.41) is 0. The molecule has 0 amide bonds. The third kappa shape index (κ3) is 3.04. The van der Waals surface area contributed by atoms with Gasteiger partial charge in [0.05, 0.1) is 17.6 Å². The summed E-state index contributed by atoms with van der Waals surface area (Å²) in [5.41, 5.74) is 0.932. The lowest BCUT2D eigenvalue weighted by molar-refractivity contribution is -0.00255. The fraction of sp³-hybridized carbons (Fsp3) is 0.250. The third-order valence-corrected chi connectivity index (χ3v) is 5.50. The third-order valence-electron chi connectivity index (χ3n) is 3.63. The predicted molar refractivity (Wildman–Crippen MR) is 80.3 cm³/mol.